The fraction of sp³-hybridized carbons (Fsp3) is 0.857. The van der Waals surface area contributed by atoms with E-state index in [4.69, 9.17) is 0 Å². The van der Waals surface area contributed by atoms with Crippen molar-refractivity contribution in [2.45, 2.75) is 46.1 Å². The molecule has 2 nitrogen and oxygen atoms in total. The number of rotatable bonds is 4. The van der Waals surface area contributed by atoms with Crippen LogP contribution in [0.2, 0.25) is 0 Å². The van der Waals surface area contributed by atoms with E-state index in [-0.39, 0.29) is 5.54 Å². The van der Waals surface area contributed by atoms with Gasteiger partial charge in [0.1, 0.15) is 0 Å². The molecule has 1 saturated heterocycles. The molecule has 1 heterocycles. The highest BCUT2D eigenvalue weighted by Gasteiger charge is 2.20. The number of nitrogens with one attached hydrogen (secondary N) is 1. The van der Waals surface area contributed by atoms with E-state index >= 15 is 0 Å². The molecule has 1 aliphatic heterocycles. The van der Waals surface area contributed by atoms with Gasteiger partial charge in [-0.05, 0) is 66.1 Å². The second-order valence-corrected chi connectivity index (χ2v) is 6.31. The maximum Gasteiger partial charge on any atom is 0.0187 e. The van der Waals surface area contributed by atoms with Gasteiger partial charge in [0, 0.05) is 12.1 Å². The van der Waals surface area contributed by atoms with Crippen LogP contribution in [0.3, 0.4) is 0 Å². The molecule has 0 radical (unpaired) electrons. The Morgan fingerprint density at radius 3 is 2.31 bits per heavy atom. The van der Waals surface area contributed by atoms with Gasteiger partial charge in [0.15, 0.2) is 0 Å². The van der Waals surface area contributed by atoms with Crippen molar-refractivity contribution >= 4 is 0 Å². The summed E-state index contributed by atoms with van der Waals surface area (Å²) in [6, 6.07) is 0. The molecule has 0 aromatic heterocycles. The van der Waals surface area contributed by atoms with E-state index in [0.717, 1.165) is 12.5 Å². The molecule has 1 aliphatic rings. The van der Waals surface area contributed by atoms with Crippen LogP contribution in [0, 0.1) is 5.92 Å². The Hall–Kier alpha value is -0.340. The summed E-state index contributed by atoms with van der Waals surface area (Å²) in [6.07, 6.45) is 2.66. The fourth-order valence-corrected chi connectivity index (χ4v) is 2.18. The van der Waals surface area contributed by atoms with Crippen molar-refractivity contribution in [3.05, 3.63) is 12.2 Å². The van der Waals surface area contributed by atoms with E-state index in [0.29, 0.717) is 0 Å². The first-order chi connectivity index (χ1) is 7.37. The van der Waals surface area contributed by atoms with Crippen molar-refractivity contribution in [2.75, 3.05) is 26.2 Å². The van der Waals surface area contributed by atoms with Gasteiger partial charge in [0.05, 0.1) is 0 Å². The lowest BCUT2D eigenvalue weighted by molar-refractivity contribution is 0.188. The maximum atomic E-state index is 3.98. The molecule has 0 spiro atoms. The summed E-state index contributed by atoms with van der Waals surface area (Å²) in [4.78, 5) is 2.52. The molecule has 0 aromatic carbocycles. The van der Waals surface area contributed by atoms with Crippen LogP contribution in [-0.4, -0.2) is 36.6 Å². The van der Waals surface area contributed by atoms with Crippen molar-refractivity contribution < 1.29 is 0 Å². The molecule has 1 fully saturated rings. The minimum Gasteiger partial charge on any atom is -0.312 e. The van der Waals surface area contributed by atoms with Gasteiger partial charge < -0.3 is 5.32 Å². The van der Waals surface area contributed by atoms with Crippen LogP contribution in [0.15, 0.2) is 12.2 Å². The van der Waals surface area contributed by atoms with Gasteiger partial charge >= 0.3 is 0 Å². The second kappa shape index (κ2) is 5.83. The Bertz CT molecular complexity index is 219. The largest absolute Gasteiger partial charge is 0.312 e. The predicted octanol–water partition coefficient (Wildman–Crippen LogP) is 2.66. The monoisotopic (exact) mass is 224 g/mol. The Balaban J connectivity index is 2.19. The molecule has 1 N–H and O–H groups in total. The number of likely N-dealkylation sites (tertiary alicyclic amines) is 1. The molecule has 0 saturated carbocycles. The third-order valence-electron chi connectivity index (χ3n) is 3.12. The van der Waals surface area contributed by atoms with Crippen LogP contribution in [0.25, 0.3) is 0 Å². The van der Waals surface area contributed by atoms with Gasteiger partial charge in [-0.3, -0.25) is 4.90 Å². The highest BCUT2D eigenvalue weighted by Crippen LogP contribution is 2.17. The van der Waals surface area contributed by atoms with Crippen LogP contribution < -0.4 is 5.32 Å². The Morgan fingerprint density at radius 1 is 1.31 bits per heavy atom. The number of hydrogen-bond donors (Lipinski definition) is 1. The topological polar surface area (TPSA) is 15.3 Å². The van der Waals surface area contributed by atoms with Crippen LogP contribution in [0.5, 0.6) is 0 Å². The lowest BCUT2D eigenvalue weighted by atomic mass is 9.95. The van der Waals surface area contributed by atoms with Crippen LogP contribution in [0.4, 0.5) is 0 Å². The molecule has 0 unspecified atom stereocenters. The predicted molar refractivity (Wildman–Crippen MR) is 71.7 cm³/mol. The summed E-state index contributed by atoms with van der Waals surface area (Å²) in [5.41, 5.74) is 1.54. The van der Waals surface area contributed by atoms with Crippen molar-refractivity contribution in [2.24, 2.45) is 5.92 Å². The maximum absolute atomic E-state index is 3.98. The van der Waals surface area contributed by atoms with Crippen LogP contribution in [-0.2, 0) is 0 Å². The molecule has 0 aromatic rings. The summed E-state index contributed by atoms with van der Waals surface area (Å²) in [5, 5.41) is 3.61. The quantitative estimate of drug-likeness (QED) is 0.739. The minimum absolute atomic E-state index is 0.259. The lowest BCUT2D eigenvalue weighted by Crippen LogP contribution is -2.43. The zero-order valence-corrected chi connectivity index (χ0v) is 11.5. The standard InChI is InChI=1S/C14H28N2/c1-12(2)11-16-8-6-13(7-9-16)10-15-14(3,4)5/h13,15H,1,6-11H2,2-5H3. The third-order valence-corrected chi connectivity index (χ3v) is 3.12. The molecule has 2 heteroatoms. The SMILES string of the molecule is C=C(C)CN1CCC(CNC(C)(C)C)CC1. The first-order valence-electron chi connectivity index (χ1n) is 6.48. The molecule has 16 heavy (non-hydrogen) atoms. The molecule has 0 amide bonds. The highest BCUT2D eigenvalue weighted by molar-refractivity contribution is 4.93. The molecule has 94 valence electrons. The van der Waals surface area contributed by atoms with Gasteiger partial charge in [-0.2, -0.15) is 0 Å². The van der Waals surface area contributed by atoms with Gasteiger partial charge in [-0.1, -0.05) is 12.2 Å². The number of hydrogen-bond acceptors (Lipinski definition) is 2. The number of piperidine rings is 1. The fourth-order valence-electron chi connectivity index (χ4n) is 2.18. The van der Waals surface area contributed by atoms with Crippen molar-refractivity contribution in [1.82, 2.24) is 10.2 Å². The van der Waals surface area contributed by atoms with E-state index in [2.05, 4.69) is 44.5 Å². The minimum atomic E-state index is 0.259. The van der Waals surface area contributed by atoms with Crippen molar-refractivity contribution in [1.29, 1.82) is 0 Å². The summed E-state index contributed by atoms with van der Waals surface area (Å²) < 4.78 is 0. The Morgan fingerprint density at radius 2 is 1.88 bits per heavy atom. The summed E-state index contributed by atoms with van der Waals surface area (Å²) in [6.45, 7) is 17.6. The van der Waals surface area contributed by atoms with E-state index < -0.39 is 0 Å². The second-order valence-electron chi connectivity index (χ2n) is 6.31. The van der Waals surface area contributed by atoms with Gasteiger partial charge in [-0.25, -0.2) is 0 Å². The van der Waals surface area contributed by atoms with Gasteiger partial charge in [0.25, 0.3) is 0 Å². The van der Waals surface area contributed by atoms with Crippen LogP contribution in [0.1, 0.15) is 40.5 Å². The molecule has 0 atom stereocenters. The molecular formula is C14H28N2. The third kappa shape index (κ3) is 5.66. The Labute approximate surface area is 101 Å². The van der Waals surface area contributed by atoms with Crippen molar-refractivity contribution in [3.8, 4) is 0 Å². The van der Waals surface area contributed by atoms with E-state index in [1.807, 2.05) is 0 Å². The summed E-state index contributed by atoms with van der Waals surface area (Å²) in [7, 11) is 0. The lowest BCUT2D eigenvalue weighted by Gasteiger charge is -2.33. The zero-order valence-electron chi connectivity index (χ0n) is 11.5. The zero-order chi connectivity index (χ0) is 12.2. The molecular weight excluding hydrogens is 196 g/mol. The first-order valence-corrected chi connectivity index (χ1v) is 6.48. The van der Waals surface area contributed by atoms with E-state index in [1.54, 1.807) is 0 Å². The van der Waals surface area contributed by atoms with Crippen molar-refractivity contribution in [3.63, 3.8) is 0 Å². The molecule has 0 aliphatic carbocycles. The van der Waals surface area contributed by atoms with E-state index in [9.17, 15) is 0 Å². The summed E-state index contributed by atoms with van der Waals surface area (Å²) >= 11 is 0. The van der Waals surface area contributed by atoms with Gasteiger partial charge in [-0.15, -0.1) is 0 Å². The van der Waals surface area contributed by atoms with Gasteiger partial charge in [0.2, 0.25) is 0 Å². The summed E-state index contributed by atoms with van der Waals surface area (Å²) in [5.74, 6) is 0.862. The first kappa shape index (κ1) is 13.7. The molecule has 1 rings (SSSR count). The number of nitrogens with zero attached hydrogens (tertiary/aromatic N) is 1. The average Bonchev–Trinajstić information content (AvgIpc) is 2.14. The smallest absolute Gasteiger partial charge is 0.0187 e. The van der Waals surface area contributed by atoms with Crippen LogP contribution >= 0.6 is 0 Å². The Kier molecular flexibility index (Phi) is 5.00. The average molecular weight is 224 g/mol. The normalized spacial score (nSPS) is 20.0. The van der Waals surface area contributed by atoms with E-state index in [1.165, 1.54) is 38.0 Å². The highest BCUT2D eigenvalue weighted by atomic mass is 15.1. The molecule has 0 bridgehead atoms.